The summed E-state index contributed by atoms with van der Waals surface area (Å²) in [6.45, 7) is 1.19. The minimum Gasteiger partial charge on any atom is -0.477 e. The summed E-state index contributed by atoms with van der Waals surface area (Å²) in [6, 6.07) is 0. The van der Waals surface area contributed by atoms with E-state index in [2.05, 4.69) is 0 Å². The van der Waals surface area contributed by atoms with Gasteiger partial charge in [-0.25, -0.2) is 4.79 Å². The van der Waals surface area contributed by atoms with Crippen molar-refractivity contribution in [1.29, 1.82) is 0 Å². The van der Waals surface area contributed by atoms with Gasteiger partial charge in [0.15, 0.2) is 6.29 Å². The van der Waals surface area contributed by atoms with Crippen LogP contribution in [0.25, 0.3) is 0 Å². The van der Waals surface area contributed by atoms with Crippen LogP contribution in [-0.4, -0.2) is 71.5 Å². The molecule has 8 nitrogen and oxygen atoms in total. The predicted molar refractivity (Wildman–Crippen MR) is 54.5 cm³/mol. The molecule has 6 atom stereocenters. The Morgan fingerprint density at radius 1 is 1.44 bits per heavy atom. The van der Waals surface area contributed by atoms with E-state index in [-0.39, 0.29) is 6.61 Å². The average Bonchev–Trinajstić information content (AvgIpc) is 2.32. The minimum absolute atomic E-state index is 0.0723. The van der Waals surface area contributed by atoms with E-state index in [9.17, 15) is 15.0 Å². The van der Waals surface area contributed by atoms with Gasteiger partial charge in [-0.15, -0.1) is 0 Å². The van der Waals surface area contributed by atoms with Crippen molar-refractivity contribution in [2.75, 3.05) is 13.7 Å². The number of aliphatic carboxylic acids is 1. The van der Waals surface area contributed by atoms with Crippen LogP contribution in [0.5, 0.6) is 0 Å². The molecule has 2 aliphatic heterocycles. The van der Waals surface area contributed by atoms with Crippen LogP contribution in [0.4, 0.5) is 0 Å². The highest BCUT2D eigenvalue weighted by Gasteiger charge is 2.54. The van der Waals surface area contributed by atoms with Crippen LogP contribution >= 0.6 is 0 Å². The molecule has 2 fully saturated rings. The van der Waals surface area contributed by atoms with E-state index in [1.165, 1.54) is 14.0 Å². The second-order valence-corrected chi connectivity index (χ2v) is 4.40. The lowest BCUT2D eigenvalue weighted by Crippen LogP contribution is -2.66. The minimum atomic E-state index is -1.82. The molecule has 0 aliphatic carbocycles. The molecule has 6 unspecified atom stereocenters. The van der Waals surface area contributed by atoms with Gasteiger partial charge in [0.25, 0.3) is 5.79 Å². The number of methoxy groups -OCH3 is 1. The molecule has 8 heteroatoms. The molecule has 2 saturated heterocycles. The fraction of sp³-hybridized carbons (Fsp3) is 0.900. The molecule has 18 heavy (non-hydrogen) atoms. The number of aliphatic hydroxyl groups is 2. The normalized spacial score (nSPS) is 48.6. The highest BCUT2D eigenvalue weighted by atomic mass is 16.8. The summed E-state index contributed by atoms with van der Waals surface area (Å²) in [5, 5.41) is 28.2. The number of fused-ring (bicyclic) bond motifs is 1. The summed E-state index contributed by atoms with van der Waals surface area (Å²) < 4.78 is 20.5. The zero-order valence-electron chi connectivity index (χ0n) is 9.98. The van der Waals surface area contributed by atoms with Crippen LogP contribution in [0.3, 0.4) is 0 Å². The first kappa shape index (κ1) is 13.7. The van der Waals surface area contributed by atoms with Crippen LogP contribution in [0.2, 0.25) is 0 Å². The zero-order chi connectivity index (χ0) is 13.5. The van der Waals surface area contributed by atoms with Gasteiger partial charge in [-0.2, -0.15) is 0 Å². The SMILES string of the molecule is COC1C(O)C(O)OC2COC(C)(C(=O)O)OC21. The molecule has 0 bridgehead atoms. The van der Waals surface area contributed by atoms with Gasteiger partial charge in [-0.1, -0.05) is 0 Å². The number of carboxylic acid groups (broad SMARTS) is 1. The summed E-state index contributed by atoms with van der Waals surface area (Å²) in [4.78, 5) is 11.0. The second-order valence-electron chi connectivity index (χ2n) is 4.40. The Hall–Kier alpha value is -0.770. The van der Waals surface area contributed by atoms with Crippen LogP contribution in [0.15, 0.2) is 0 Å². The zero-order valence-corrected chi connectivity index (χ0v) is 9.98. The van der Waals surface area contributed by atoms with Gasteiger partial charge in [-0.3, -0.25) is 0 Å². The van der Waals surface area contributed by atoms with Gasteiger partial charge < -0.3 is 34.3 Å². The number of ether oxygens (including phenoxy) is 4. The number of hydrogen-bond donors (Lipinski definition) is 3. The number of carbonyl (C=O) groups is 1. The van der Waals surface area contributed by atoms with Gasteiger partial charge in [0.05, 0.1) is 6.61 Å². The van der Waals surface area contributed by atoms with Crippen molar-refractivity contribution in [3.05, 3.63) is 0 Å². The van der Waals surface area contributed by atoms with E-state index in [0.29, 0.717) is 0 Å². The van der Waals surface area contributed by atoms with E-state index in [0.717, 1.165) is 0 Å². The number of rotatable bonds is 2. The number of carboxylic acids is 1. The summed E-state index contributed by atoms with van der Waals surface area (Å²) in [7, 11) is 1.33. The molecule has 104 valence electrons. The highest BCUT2D eigenvalue weighted by Crippen LogP contribution is 2.33. The van der Waals surface area contributed by atoms with Crippen molar-refractivity contribution in [3.63, 3.8) is 0 Å². The third kappa shape index (κ3) is 2.11. The molecule has 0 aromatic carbocycles. The third-order valence-corrected chi connectivity index (χ3v) is 3.18. The van der Waals surface area contributed by atoms with E-state index in [1.807, 2.05) is 0 Å². The van der Waals surface area contributed by atoms with Crippen molar-refractivity contribution >= 4 is 5.97 Å². The molecule has 0 spiro atoms. The fourth-order valence-corrected chi connectivity index (χ4v) is 2.10. The Bertz CT molecular complexity index is 334. The highest BCUT2D eigenvalue weighted by molar-refractivity contribution is 5.75. The molecule has 0 radical (unpaired) electrons. The van der Waals surface area contributed by atoms with Crippen LogP contribution in [0, 0.1) is 0 Å². The quantitative estimate of drug-likeness (QED) is 0.540. The molecule has 0 amide bonds. The molecule has 0 aromatic rings. The van der Waals surface area contributed by atoms with Gasteiger partial charge in [0.1, 0.15) is 24.4 Å². The van der Waals surface area contributed by atoms with Crippen molar-refractivity contribution < 1.29 is 39.1 Å². The lowest BCUT2D eigenvalue weighted by molar-refractivity contribution is -0.375. The Labute approximate surface area is 103 Å². The van der Waals surface area contributed by atoms with Crippen molar-refractivity contribution in [3.8, 4) is 0 Å². The smallest absolute Gasteiger partial charge is 0.364 e. The Morgan fingerprint density at radius 2 is 2.11 bits per heavy atom. The van der Waals surface area contributed by atoms with E-state index in [4.69, 9.17) is 24.1 Å². The first-order valence-electron chi connectivity index (χ1n) is 5.48. The maximum Gasteiger partial charge on any atom is 0.364 e. The molecule has 2 heterocycles. The molecule has 2 aliphatic rings. The lowest BCUT2D eigenvalue weighted by atomic mass is 9.97. The summed E-state index contributed by atoms with van der Waals surface area (Å²) in [6.07, 6.45) is -5.14. The third-order valence-electron chi connectivity index (χ3n) is 3.18. The standard InChI is InChI=1S/C10H16O8/c1-10(9(13)14)16-3-4-6(18-10)7(15-2)5(11)8(12)17-4/h4-8,11-12H,3H2,1-2H3,(H,13,14). The molecule has 2 rings (SSSR count). The van der Waals surface area contributed by atoms with Gasteiger partial charge in [0.2, 0.25) is 0 Å². The molecule has 0 saturated carbocycles. The number of aliphatic hydroxyl groups excluding tert-OH is 2. The van der Waals surface area contributed by atoms with Crippen molar-refractivity contribution in [2.24, 2.45) is 0 Å². The second kappa shape index (κ2) is 4.72. The van der Waals surface area contributed by atoms with Crippen LogP contribution in [-0.2, 0) is 23.7 Å². The van der Waals surface area contributed by atoms with E-state index in [1.54, 1.807) is 0 Å². The van der Waals surface area contributed by atoms with Gasteiger partial charge >= 0.3 is 5.97 Å². The van der Waals surface area contributed by atoms with Crippen LogP contribution in [0.1, 0.15) is 6.92 Å². The summed E-state index contributed by atoms with van der Waals surface area (Å²) in [5.74, 6) is -3.10. The predicted octanol–water partition coefficient (Wildman–Crippen LogP) is -1.70. The first-order valence-corrected chi connectivity index (χ1v) is 5.48. The van der Waals surface area contributed by atoms with E-state index < -0.39 is 42.5 Å². The Kier molecular flexibility index (Phi) is 3.58. The monoisotopic (exact) mass is 264 g/mol. The summed E-state index contributed by atoms with van der Waals surface area (Å²) in [5.41, 5.74) is 0. The molecule has 0 aromatic heterocycles. The molecular weight excluding hydrogens is 248 g/mol. The average molecular weight is 264 g/mol. The van der Waals surface area contributed by atoms with Crippen LogP contribution < -0.4 is 0 Å². The topological polar surface area (TPSA) is 115 Å². The molecular formula is C10H16O8. The Morgan fingerprint density at radius 3 is 2.67 bits per heavy atom. The lowest BCUT2D eigenvalue weighted by Gasteiger charge is -2.48. The fourth-order valence-electron chi connectivity index (χ4n) is 2.10. The largest absolute Gasteiger partial charge is 0.477 e. The van der Waals surface area contributed by atoms with Crippen molar-refractivity contribution in [2.45, 2.75) is 43.4 Å². The van der Waals surface area contributed by atoms with Crippen molar-refractivity contribution in [1.82, 2.24) is 0 Å². The maximum absolute atomic E-state index is 11.0. The summed E-state index contributed by atoms with van der Waals surface area (Å²) >= 11 is 0. The molecule has 3 N–H and O–H groups in total. The van der Waals surface area contributed by atoms with Gasteiger partial charge in [0, 0.05) is 14.0 Å². The number of hydrogen-bond acceptors (Lipinski definition) is 7. The van der Waals surface area contributed by atoms with E-state index >= 15 is 0 Å². The van der Waals surface area contributed by atoms with Gasteiger partial charge in [-0.05, 0) is 0 Å². The maximum atomic E-state index is 11.0. The first-order chi connectivity index (χ1) is 8.39. The Balaban J connectivity index is 2.20.